The summed E-state index contributed by atoms with van der Waals surface area (Å²) in [4.78, 5) is 19.4. The Balaban J connectivity index is 0. The average molecular weight is 195 g/mol. The Bertz CT molecular complexity index is 166. The molecule has 6 N–H and O–H groups in total. The van der Waals surface area contributed by atoms with E-state index in [-0.39, 0.29) is 0 Å². The van der Waals surface area contributed by atoms with Gasteiger partial charge in [0.1, 0.15) is 0 Å². The Hall–Kier alpha value is -1.18. The average Bonchev–Trinajstić information content (AvgIpc) is 1.83. The summed E-state index contributed by atoms with van der Waals surface area (Å²) >= 11 is 0. The number of rotatable bonds is 3. The third kappa shape index (κ3) is 18.1. The summed E-state index contributed by atoms with van der Waals surface area (Å²) in [6, 6.07) is 0. The Labute approximate surface area is 74.4 Å². The first kappa shape index (κ1) is 14.3. The van der Waals surface area contributed by atoms with Crippen molar-refractivity contribution < 1.29 is 30.0 Å². The predicted molar refractivity (Wildman–Crippen MR) is 41.8 cm³/mol. The van der Waals surface area contributed by atoms with Crippen LogP contribution in [-0.4, -0.2) is 44.7 Å². The second-order valence-corrected chi connectivity index (χ2v) is 2.19. The van der Waals surface area contributed by atoms with Gasteiger partial charge < -0.3 is 26.2 Å². The molecule has 0 amide bonds. The molecule has 0 aromatic rings. The normalized spacial score (nSPS) is 13.5. The number of hydrogen-bond acceptors (Lipinski definition) is 5. The number of nitrogens with two attached hydrogens (primary N) is 1. The van der Waals surface area contributed by atoms with Crippen molar-refractivity contribution >= 4 is 11.9 Å². The zero-order valence-electron chi connectivity index (χ0n) is 7.04. The fraction of sp³-hybridized carbons (Fsp3) is 0.667. The molecule has 0 aromatic carbocycles. The van der Waals surface area contributed by atoms with Gasteiger partial charge >= 0.3 is 11.9 Å². The quantitative estimate of drug-likeness (QED) is 0.334. The SMILES string of the molecule is CC(N)O.O=C(O)CC(O)C(=O)O. The highest BCUT2D eigenvalue weighted by atomic mass is 16.4. The molecule has 0 bridgehead atoms. The number of carbonyl (C=O) groups is 2. The number of aliphatic hydroxyl groups excluding tert-OH is 2. The van der Waals surface area contributed by atoms with E-state index < -0.39 is 30.7 Å². The summed E-state index contributed by atoms with van der Waals surface area (Å²) in [6.07, 6.45) is -3.21. The van der Waals surface area contributed by atoms with E-state index in [2.05, 4.69) is 5.73 Å². The lowest BCUT2D eigenvalue weighted by atomic mass is 10.3. The van der Waals surface area contributed by atoms with Gasteiger partial charge in [0.25, 0.3) is 0 Å². The van der Waals surface area contributed by atoms with E-state index in [1.807, 2.05) is 0 Å². The first-order valence-electron chi connectivity index (χ1n) is 3.33. The van der Waals surface area contributed by atoms with Crippen LogP contribution in [0.25, 0.3) is 0 Å². The molecule has 7 nitrogen and oxygen atoms in total. The zero-order chi connectivity index (χ0) is 11.0. The van der Waals surface area contributed by atoms with Crippen molar-refractivity contribution in [1.82, 2.24) is 0 Å². The molecule has 0 rings (SSSR count). The van der Waals surface area contributed by atoms with E-state index in [4.69, 9.17) is 20.4 Å². The third-order valence-electron chi connectivity index (χ3n) is 0.653. The molecule has 0 heterocycles. The zero-order valence-corrected chi connectivity index (χ0v) is 7.04. The van der Waals surface area contributed by atoms with Crippen LogP contribution in [-0.2, 0) is 9.59 Å². The van der Waals surface area contributed by atoms with Crippen molar-refractivity contribution in [1.29, 1.82) is 0 Å². The van der Waals surface area contributed by atoms with E-state index in [0.29, 0.717) is 0 Å². The maximum Gasteiger partial charge on any atom is 0.333 e. The van der Waals surface area contributed by atoms with Crippen LogP contribution < -0.4 is 5.73 Å². The molecule has 0 aliphatic rings. The van der Waals surface area contributed by atoms with Crippen LogP contribution in [0.2, 0.25) is 0 Å². The first-order valence-corrected chi connectivity index (χ1v) is 3.33. The molecule has 0 saturated heterocycles. The molecule has 78 valence electrons. The first-order chi connectivity index (χ1) is 5.77. The van der Waals surface area contributed by atoms with E-state index in [9.17, 15) is 9.59 Å². The minimum absolute atomic E-state index is 0.667. The number of carboxylic acids is 2. The highest BCUT2D eigenvalue weighted by molar-refractivity contribution is 5.79. The van der Waals surface area contributed by atoms with Gasteiger partial charge in [-0.2, -0.15) is 0 Å². The van der Waals surface area contributed by atoms with Gasteiger partial charge in [-0.1, -0.05) is 0 Å². The smallest absolute Gasteiger partial charge is 0.333 e. The van der Waals surface area contributed by atoms with Crippen LogP contribution in [0.4, 0.5) is 0 Å². The van der Waals surface area contributed by atoms with Gasteiger partial charge in [0, 0.05) is 0 Å². The summed E-state index contributed by atoms with van der Waals surface area (Å²) in [5, 5.41) is 32.0. The number of carboxylic acid groups (broad SMARTS) is 2. The van der Waals surface area contributed by atoms with Crippen molar-refractivity contribution in [3.63, 3.8) is 0 Å². The molecule has 0 fully saturated rings. The molecule has 2 atom stereocenters. The van der Waals surface area contributed by atoms with Gasteiger partial charge in [-0.3, -0.25) is 4.79 Å². The lowest BCUT2D eigenvalue weighted by Crippen LogP contribution is -2.22. The van der Waals surface area contributed by atoms with Crippen molar-refractivity contribution in [2.45, 2.75) is 25.7 Å². The Morgan fingerprint density at radius 1 is 1.31 bits per heavy atom. The Kier molecular flexibility index (Phi) is 8.24. The maximum atomic E-state index is 9.72. The molecular formula is C6H13NO6. The molecule has 0 spiro atoms. The Morgan fingerprint density at radius 3 is 1.69 bits per heavy atom. The molecule has 13 heavy (non-hydrogen) atoms. The van der Waals surface area contributed by atoms with Crippen LogP contribution in [0.1, 0.15) is 13.3 Å². The number of aliphatic carboxylic acids is 2. The lowest BCUT2D eigenvalue weighted by molar-refractivity contribution is -0.152. The molecule has 7 heteroatoms. The van der Waals surface area contributed by atoms with Crippen molar-refractivity contribution in [3.05, 3.63) is 0 Å². The van der Waals surface area contributed by atoms with Crippen molar-refractivity contribution in [2.24, 2.45) is 5.73 Å². The molecule has 0 aliphatic heterocycles. The van der Waals surface area contributed by atoms with Gasteiger partial charge in [-0.15, -0.1) is 0 Å². The second-order valence-electron chi connectivity index (χ2n) is 2.19. The third-order valence-corrected chi connectivity index (χ3v) is 0.653. The monoisotopic (exact) mass is 195 g/mol. The minimum atomic E-state index is -1.79. The van der Waals surface area contributed by atoms with Crippen LogP contribution in [0, 0.1) is 0 Å². The summed E-state index contributed by atoms with van der Waals surface area (Å²) in [5.41, 5.74) is 4.67. The molecule has 0 aliphatic carbocycles. The maximum absolute atomic E-state index is 9.72. The van der Waals surface area contributed by atoms with Gasteiger partial charge in [0.05, 0.1) is 12.6 Å². The van der Waals surface area contributed by atoms with Crippen molar-refractivity contribution in [2.75, 3.05) is 0 Å². The van der Waals surface area contributed by atoms with E-state index in [1.54, 1.807) is 0 Å². The highest BCUT2D eigenvalue weighted by Gasteiger charge is 2.16. The van der Waals surface area contributed by atoms with Crippen LogP contribution in [0.5, 0.6) is 0 Å². The largest absolute Gasteiger partial charge is 0.481 e. The molecular weight excluding hydrogens is 182 g/mol. The van der Waals surface area contributed by atoms with Crippen LogP contribution in [0.3, 0.4) is 0 Å². The van der Waals surface area contributed by atoms with Gasteiger partial charge in [-0.25, -0.2) is 4.79 Å². The molecule has 0 aromatic heterocycles. The summed E-state index contributed by atoms with van der Waals surface area (Å²) in [6.45, 7) is 1.50. The highest BCUT2D eigenvalue weighted by Crippen LogP contribution is 1.89. The summed E-state index contributed by atoms with van der Waals surface area (Å²) < 4.78 is 0. The fourth-order valence-electron chi connectivity index (χ4n) is 0.253. The van der Waals surface area contributed by atoms with Gasteiger partial charge in [-0.05, 0) is 6.92 Å². The van der Waals surface area contributed by atoms with E-state index >= 15 is 0 Å². The van der Waals surface area contributed by atoms with Crippen molar-refractivity contribution in [3.8, 4) is 0 Å². The van der Waals surface area contributed by atoms with Crippen LogP contribution in [0.15, 0.2) is 0 Å². The lowest BCUT2D eigenvalue weighted by Gasteiger charge is -1.97. The van der Waals surface area contributed by atoms with E-state index in [0.717, 1.165) is 0 Å². The van der Waals surface area contributed by atoms with E-state index in [1.165, 1.54) is 6.92 Å². The topological polar surface area (TPSA) is 141 Å². The minimum Gasteiger partial charge on any atom is -0.481 e. The molecule has 0 saturated carbocycles. The van der Waals surface area contributed by atoms with Gasteiger partial charge in [0.15, 0.2) is 6.10 Å². The predicted octanol–water partition coefficient (Wildman–Crippen LogP) is -1.81. The second kappa shape index (κ2) is 7.47. The number of aliphatic hydroxyl groups is 2. The molecule has 0 radical (unpaired) electrons. The standard InChI is InChI=1S/C4H6O5.C2H7NO/c5-2(4(8)9)1-3(6)7;1-2(3)4/h2,5H,1H2,(H,6,7)(H,8,9);2,4H,3H2,1H3. The summed E-state index contributed by atoms with van der Waals surface area (Å²) in [7, 11) is 0. The Morgan fingerprint density at radius 2 is 1.62 bits per heavy atom. The molecule has 2 unspecified atom stereocenters. The van der Waals surface area contributed by atoms with Gasteiger partial charge in [0.2, 0.25) is 0 Å². The number of hydrogen-bond donors (Lipinski definition) is 5. The van der Waals surface area contributed by atoms with Crippen LogP contribution >= 0.6 is 0 Å². The fourth-order valence-corrected chi connectivity index (χ4v) is 0.253. The summed E-state index contributed by atoms with van der Waals surface area (Å²) in [5.74, 6) is -2.85.